The summed E-state index contributed by atoms with van der Waals surface area (Å²) < 4.78 is 59.1. The number of rotatable bonds is 10. The second kappa shape index (κ2) is 10.2. The van der Waals surface area contributed by atoms with Gasteiger partial charge in [0.05, 0.1) is 29.1 Å². The van der Waals surface area contributed by atoms with E-state index in [9.17, 15) is 21.6 Å². The van der Waals surface area contributed by atoms with Crippen LogP contribution in [-0.4, -0.2) is 28.5 Å². The number of nitrogens with one attached hydrogen (secondary N) is 3. The van der Waals surface area contributed by atoms with Crippen molar-refractivity contribution in [3.63, 3.8) is 0 Å². The van der Waals surface area contributed by atoms with Crippen LogP contribution in [0.15, 0.2) is 70.2 Å². The maximum absolute atomic E-state index is 12.7. The minimum absolute atomic E-state index is 0.00530. The van der Waals surface area contributed by atoms with Crippen molar-refractivity contribution in [2.45, 2.75) is 31.7 Å². The number of furan rings is 1. The monoisotopic (exact) mass is 491 g/mol. The Morgan fingerprint density at radius 1 is 0.939 bits per heavy atom. The van der Waals surface area contributed by atoms with Gasteiger partial charge in [0.1, 0.15) is 5.76 Å². The first-order chi connectivity index (χ1) is 15.6. The van der Waals surface area contributed by atoms with Gasteiger partial charge in [0.25, 0.3) is 5.91 Å². The number of amides is 1. The van der Waals surface area contributed by atoms with Crippen molar-refractivity contribution < 1.29 is 26.0 Å². The zero-order valence-electron chi connectivity index (χ0n) is 18.2. The van der Waals surface area contributed by atoms with E-state index in [0.717, 1.165) is 0 Å². The average molecular weight is 492 g/mol. The van der Waals surface area contributed by atoms with Crippen LogP contribution in [-0.2, 0) is 26.6 Å². The van der Waals surface area contributed by atoms with Crippen molar-refractivity contribution in [1.29, 1.82) is 0 Å². The molecule has 1 aromatic heterocycles. The molecule has 3 aromatic rings. The Kier molecular flexibility index (Phi) is 7.57. The van der Waals surface area contributed by atoms with Crippen LogP contribution in [0.1, 0.15) is 35.0 Å². The van der Waals surface area contributed by atoms with Crippen LogP contribution >= 0.6 is 0 Å². The normalized spacial score (nSPS) is 11.8. The summed E-state index contributed by atoms with van der Waals surface area (Å²) in [4.78, 5) is 12.7. The first-order valence-electron chi connectivity index (χ1n) is 10.1. The number of carbonyl (C=O) groups excluding carboxylic acids is 1. The Morgan fingerprint density at radius 2 is 1.64 bits per heavy atom. The van der Waals surface area contributed by atoms with E-state index >= 15 is 0 Å². The van der Waals surface area contributed by atoms with Gasteiger partial charge in [0, 0.05) is 11.3 Å². The first-order valence-corrected chi connectivity index (χ1v) is 13.3. The van der Waals surface area contributed by atoms with Crippen LogP contribution < -0.4 is 14.8 Å². The maximum Gasteiger partial charge on any atom is 0.255 e. The van der Waals surface area contributed by atoms with E-state index in [2.05, 4.69) is 14.8 Å². The minimum Gasteiger partial charge on any atom is -0.468 e. The molecule has 33 heavy (non-hydrogen) atoms. The highest BCUT2D eigenvalue weighted by molar-refractivity contribution is 7.92. The molecule has 0 fully saturated rings. The smallest absolute Gasteiger partial charge is 0.255 e. The topological polar surface area (TPSA) is 135 Å². The lowest BCUT2D eigenvalue weighted by atomic mass is 10.1. The fourth-order valence-electron chi connectivity index (χ4n) is 3.01. The minimum atomic E-state index is -3.78. The SMILES string of the molecule is CCCS(=O)(=O)Nc1cccc(NC(=O)c2ccc(S(=O)(=O)NCc3ccco3)cc2)c1C. The molecular weight excluding hydrogens is 466 g/mol. The molecule has 0 aliphatic heterocycles. The van der Waals surface area contributed by atoms with Gasteiger partial charge in [0.2, 0.25) is 20.0 Å². The highest BCUT2D eigenvalue weighted by Gasteiger charge is 2.17. The Morgan fingerprint density at radius 3 is 2.27 bits per heavy atom. The fourth-order valence-corrected chi connectivity index (χ4v) is 5.20. The molecule has 0 unspecified atom stereocenters. The van der Waals surface area contributed by atoms with Crippen molar-refractivity contribution in [1.82, 2.24) is 4.72 Å². The molecule has 0 atom stereocenters. The molecule has 1 amide bonds. The molecule has 0 saturated carbocycles. The molecule has 0 radical (unpaired) electrons. The number of hydrogen-bond donors (Lipinski definition) is 3. The Hall–Kier alpha value is -3.15. The standard InChI is InChI=1S/C22H25N3O6S2/c1-3-14-32(27,28)25-21-8-4-7-20(16(21)2)24-22(26)17-9-11-19(12-10-17)33(29,30)23-15-18-6-5-13-31-18/h4-13,23,25H,3,14-15H2,1-2H3,(H,24,26). The van der Waals surface area contributed by atoms with Gasteiger partial charge in [-0.1, -0.05) is 13.0 Å². The lowest BCUT2D eigenvalue weighted by Gasteiger charge is -2.14. The molecule has 3 N–H and O–H groups in total. The van der Waals surface area contributed by atoms with Gasteiger partial charge in [-0.3, -0.25) is 9.52 Å². The molecule has 1 heterocycles. The van der Waals surface area contributed by atoms with E-state index < -0.39 is 26.0 Å². The second-order valence-corrected chi connectivity index (χ2v) is 10.9. The summed E-state index contributed by atoms with van der Waals surface area (Å²) in [6.45, 7) is 3.48. The van der Waals surface area contributed by atoms with Gasteiger partial charge in [0.15, 0.2) is 0 Å². The molecule has 0 aliphatic carbocycles. The Balaban J connectivity index is 1.70. The zero-order chi connectivity index (χ0) is 24.1. The lowest BCUT2D eigenvalue weighted by molar-refractivity contribution is 0.102. The third-order valence-corrected chi connectivity index (χ3v) is 7.66. The van der Waals surface area contributed by atoms with Gasteiger partial charge in [-0.15, -0.1) is 0 Å². The second-order valence-electron chi connectivity index (χ2n) is 7.28. The third-order valence-electron chi connectivity index (χ3n) is 4.76. The summed E-state index contributed by atoms with van der Waals surface area (Å²) in [5.41, 5.74) is 1.63. The molecule has 9 nitrogen and oxygen atoms in total. The number of anilines is 2. The van der Waals surface area contributed by atoms with Crippen LogP contribution in [0.25, 0.3) is 0 Å². The van der Waals surface area contributed by atoms with E-state index in [1.54, 1.807) is 44.2 Å². The number of sulfonamides is 2. The van der Waals surface area contributed by atoms with Gasteiger partial charge >= 0.3 is 0 Å². The summed E-state index contributed by atoms with van der Waals surface area (Å²) in [6.07, 6.45) is 1.93. The van der Waals surface area contributed by atoms with Crippen LogP contribution in [0.3, 0.4) is 0 Å². The van der Waals surface area contributed by atoms with E-state index in [1.165, 1.54) is 30.5 Å². The van der Waals surface area contributed by atoms with E-state index in [4.69, 9.17) is 4.42 Å². The summed E-state index contributed by atoms with van der Waals surface area (Å²) >= 11 is 0. The summed E-state index contributed by atoms with van der Waals surface area (Å²) in [7, 11) is -7.25. The van der Waals surface area contributed by atoms with Crippen molar-refractivity contribution >= 4 is 37.3 Å². The molecule has 0 spiro atoms. The number of hydrogen-bond acceptors (Lipinski definition) is 6. The zero-order valence-corrected chi connectivity index (χ0v) is 19.8. The average Bonchev–Trinajstić information content (AvgIpc) is 3.29. The first kappa shape index (κ1) is 24.5. The van der Waals surface area contributed by atoms with Gasteiger partial charge in [-0.2, -0.15) is 0 Å². The largest absolute Gasteiger partial charge is 0.468 e. The van der Waals surface area contributed by atoms with Crippen molar-refractivity contribution in [2.75, 3.05) is 15.8 Å². The lowest BCUT2D eigenvalue weighted by Crippen LogP contribution is -2.23. The molecule has 0 saturated heterocycles. The molecule has 11 heteroatoms. The summed E-state index contributed by atoms with van der Waals surface area (Å²) in [6, 6.07) is 13.7. The van der Waals surface area contributed by atoms with Crippen LogP contribution in [0.4, 0.5) is 11.4 Å². The van der Waals surface area contributed by atoms with Gasteiger partial charge < -0.3 is 9.73 Å². The summed E-state index contributed by atoms with van der Waals surface area (Å²) in [5, 5.41) is 2.74. The maximum atomic E-state index is 12.7. The molecule has 3 rings (SSSR count). The predicted octanol–water partition coefficient (Wildman–Crippen LogP) is 3.47. The third kappa shape index (κ3) is 6.44. The Labute approximate surface area is 193 Å². The van der Waals surface area contributed by atoms with Gasteiger partial charge in [-0.05, 0) is 67.4 Å². The van der Waals surface area contributed by atoms with Crippen molar-refractivity contribution in [3.05, 3.63) is 77.7 Å². The molecule has 0 aliphatic rings. The summed E-state index contributed by atoms with van der Waals surface area (Å²) in [5.74, 6) is 0.0117. The van der Waals surface area contributed by atoms with E-state index in [-0.39, 0.29) is 22.8 Å². The van der Waals surface area contributed by atoms with Crippen LogP contribution in [0, 0.1) is 6.92 Å². The van der Waals surface area contributed by atoms with Crippen LogP contribution in [0.2, 0.25) is 0 Å². The van der Waals surface area contributed by atoms with Gasteiger partial charge in [-0.25, -0.2) is 21.6 Å². The number of benzene rings is 2. The molecule has 176 valence electrons. The van der Waals surface area contributed by atoms with E-state index in [1.807, 2.05) is 0 Å². The van der Waals surface area contributed by atoms with Crippen molar-refractivity contribution in [3.8, 4) is 0 Å². The molecule has 0 bridgehead atoms. The quantitative estimate of drug-likeness (QED) is 0.397. The molecule has 2 aromatic carbocycles. The highest BCUT2D eigenvalue weighted by atomic mass is 32.2. The Bertz CT molecular complexity index is 1320. The predicted molar refractivity (Wildman–Crippen MR) is 126 cm³/mol. The van der Waals surface area contributed by atoms with Crippen LogP contribution in [0.5, 0.6) is 0 Å². The number of carbonyl (C=O) groups is 1. The molecular formula is C22H25N3O6S2. The van der Waals surface area contributed by atoms with E-state index in [0.29, 0.717) is 29.1 Å². The fraction of sp³-hybridized carbons (Fsp3) is 0.227. The van der Waals surface area contributed by atoms with Crippen molar-refractivity contribution in [2.24, 2.45) is 0 Å². The highest BCUT2D eigenvalue weighted by Crippen LogP contribution is 2.25.